The smallest absolute Gasteiger partial charge is 0.214 e. The van der Waals surface area contributed by atoms with Crippen LogP contribution in [0.4, 0.5) is 0 Å². The van der Waals surface area contributed by atoms with Crippen LogP contribution >= 0.6 is 0 Å². The highest BCUT2D eigenvalue weighted by molar-refractivity contribution is 5.57. The van der Waals surface area contributed by atoms with E-state index < -0.39 is 11.9 Å². The van der Waals surface area contributed by atoms with Crippen molar-refractivity contribution >= 4 is 6.08 Å². The van der Waals surface area contributed by atoms with Gasteiger partial charge in [-0.25, -0.2) is 0 Å². The summed E-state index contributed by atoms with van der Waals surface area (Å²) < 4.78 is 10.2. The zero-order valence-electron chi connectivity index (χ0n) is 11.5. The van der Waals surface area contributed by atoms with Gasteiger partial charge in [-0.05, 0) is 35.4 Å². The van der Waals surface area contributed by atoms with Crippen molar-refractivity contribution in [3.05, 3.63) is 59.7 Å². The Morgan fingerprint density at radius 1 is 1.20 bits per heavy atom. The lowest BCUT2D eigenvalue weighted by Gasteiger charge is -2.28. The van der Waals surface area contributed by atoms with E-state index in [-0.39, 0.29) is 0 Å². The summed E-state index contributed by atoms with van der Waals surface area (Å²) in [4.78, 5) is 0. The molecule has 0 aliphatic heterocycles. The number of methoxy groups -OCH3 is 2. The monoisotopic (exact) mass is 274 g/mol. The van der Waals surface area contributed by atoms with Gasteiger partial charge in [-0.2, -0.15) is 0 Å². The van der Waals surface area contributed by atoms with Crippen molar-refractivity contribution in [2.24, 2.45) is 0 Å². The number of ether oxygens (including phenoxy) is 2. The van der Waals surface area contributed by atoms with Crippen LogP contribution in [0, 0.1) is 0 Å². The average molecular weight is 274 g/mol. The third-order valence-electron chi connectivity index (χ3n) is 3.10. The van der Waals surface area contributed by atoms with Gasteiger partial charge < -0.3 is 19.7 Å². The molecule has 0 saturated carbocycles. The fourth-order valence-electron chi connectivity index (χ4n) is 1.96. The second kappa shape index (κ2) is 6.05. The van der Waals surface area contributed by atoms with Crippen molar-refractivity contribution in [1.29, 1.82) is 0 Å². The van der Waals surface area contributed by atoms with Gasteiger partial charge >= 0.3 is 0 Å². The molecule has 0 saturated heterocycles. The maximum absolute atomic E-state index is 9.66. The molecule has 0 aromatic heterocycles. The lowest BCUT2D eigenvalue weighted by Crippen LogP contribution is -2.41. The molecule has 2 N–H and O–H groups in total. The molecule has 1 aliphatic rings. The molecule has 1 aromatic carbocycles. The van der Waals surface area contributed by atoms with E-state index in [2.05, 4.69) is 0 Å². The van der Waals surface area contributed by atoms with Crippen LogP contribution in [0.25, 0.3) is 6.08 Å². The third-order valence-corrected chi connectivity index (χ3v) is 3.10. The standard InChI is InChI=1S/C16H18O4/c1-19-14-5-3-4-12(10-14)6-7-13-8-9-16(17,18)15(11-13)20-2/h3-11,15,17-18H,1-2H3. The molecular weight excluding hydrogens is 256 g/mol. The Balaban J connectivity index is 2.15. The third kappa shape index (κ3) is 3.36. The molecule has 0 amide bonds. The molecule has 106 valence electrons. The molecule has 1 aliphatic carbocycles. The van der Waals surface area contributed by atoms with Crippen LogP contribution in [0.3, 0.4) is 0 Å². The predicted molar refractivity (Wildman–Crippen MR) is 77.2 cm³/mol. The summed E-state index contributed by atoms with van der Waals surface area (Å²) in [5.74, 6) is -1.16. The SMILES string of the molecule is COc1cccc(C=CC2=CC(OC)C(O)(O)C=C2)c1. The maximum Gasteiger partial charge on any atom is 0.214 e. The molecule has 4 nitrogen and oxygen atoms in total. The first-order chi connectivity index (χ1) is 9.55. The molecule has 1 unspecified atom stereocenters. The van der Waals surface area contributed by atoms with Crippen LogP contribution in [0.5, 0.6) is 5.75 Å². The Bertz CT molecular complexity index is 555. The van der Waals surface area contributed by atoms with E-state index >= 15 is 0 Å². The summed E-state index contributed by atoms with van der Waals surface area (Å²) >= 11 is 0. The molecule has 0 radical (unpaired) electrons. The van der Waals surface area contributed by atoms with Gasteiger partial charge in [0.2, 0.25) is 5.79 Å². The number of allylic oxidation sites excluding steroid dienone is 3. The summed E-state index contributed by atoms with van der Waals surface area (Å²) in [6.07, 6.45) is 7.65. The second-order valence-corrected chi connectivity index (χ2v) is 4.55. The molecule has 1 atom stereocenters. The molecular formula is C16H18O4. The molecule has 2 rings (SSSR count). The molecule has 4 heteroatoms. The fraction of sp³-hybridized carbons (Fsp3) is 0.250. The van der Waals surface area contributed by atoms with Gasteiger partial charge in [0.1, 0.15) is 11.9 Å². The van der Waals surface area contributed by atoms with Crippen LogP contribution in [0.15, 0.2) is 54.1 Å². The van der Waals surface area contributed by atoms with E-state index in [0.29, 0.717) is 0 Å². The topological polar surface area (TPSA) is 58.9 Å². The van der Waals surface area contributed by atoms with Gasteiger partial charge in [0.25, 0.3) is 0 Å². The van der Waals surface area contributed by atoms with Crippen molar-refractivity contribution in [1.82, 2.24) is 0 Å². The van der Waals surface area contributed by atoms with Gasteiger partial charge in [0, 0.05) is 7.11 Å². The first kappa shape index (κ1) is 14.5. The quantitative estimate of drug-likeness (QED) is 0.823. The highest BCUT2D eigenvalue weighted by Crippen LogP contribution is 2.23. The van der Waals surface area contributed by atoms with Crippen LogP contribution in [0.1, 0.15) is 5.56 Å². The number of aliphatic hydroxyl groups is 2. The predicted octanol–water partition coefficient (Wildman–Crippen LogP) is 1.90. The normalized spacial score (nSPS) is 21.0. The van der Waals surface area contributed by atoms with E-state index in [0.717, 1.165) is 16.9 Å². The minimum atomic E-state index is -1.96. The molecule has 1 aromatic rings. The first-order valence-corrected chi connectivity index (χ1v) is 6.26. The van der Waals surface area contributed by atoms with Gasteiger partial charge in [0.15, 0.2) is 0 Å². The van der Waals surface area contributed by atoms with Crippen molar-refractivity contribution in [3.8, 4) is 5.75 Å². The van der Waals surface area contributed by atoms with Crippen molar-refractivity contribution in [3.63, 3.8) is 0 Å². The Morgan fingerprint density at radius 3 is 2.70 bits per heavy atom. The highest BCUT2D eigenvalue weighted by Gasteiger charge is 2.32. The molecule has 0 fully saturated rings. The van der Waals surface area contributed by atoms with Crippen molar-refractivity contribution < 1.29 is 19.7 Å². The zero-order valence-corrected chi connectivity index (χ0v) is 11.5. The summed E-state index contributed by atoms with van der Waals surface area (Å²) in [6.45, 7) is 0. The van der Waals surface area contributed by atoms with Crippen LogP contribution < -0.4 is 4.74 Å². The van der Waals surface area contributed by atoms with E-state index in [9.17, 15) is 10.2 Å². The summed E-state index contributed by atoms with van der Waals surface area (Å²) in [6, 6.07) is 7.67. The lowest BCUT2D eigenvalue weighted by atomic mass is 9.98. The van der Waals surface area contributed by atoms with Crippen molar-refractivity contribution in [2.75, 3.05) is 14.2 Å². The first-order valence-electron chi connectivity index (χ1n) is 6.26. The van der Waals surface area contributed by atoms with Crippen LogP contribution in [-0.2, 0) is 4.74 Å². The molecule has 0 heterocycles. The molecule has 0 bridgehead atoms. The van der Waals surface area contributed by atoms with E-state index in [4.69, 9.17) is 9.47 Å². The van der Waals surface area contributed by atoms with E-state index in [1.807, 2.05) is 36.4 Å². The Hall–Kier alpha value is -1.88. The Kier molecular flexibility index (Phi) is 4.39. The highest BCUT2D eigenvalue weighted by atomic mass is 16.6. The summed E-state index contributed by atoms with van der Waals surface area (Å²) in [5, 5.41) is 19.3. The Morgan fingerprint density at radius 2 is 2.00 bits per heavy atom. The van der Waals surface area contributed by atoms with Crippen molar-refractivity contribution in [2.45, 2.75) is 11.9 Å². The molecule has 0 spiro atoms. The largest absolute Gasteiger partial charge is 0.497 e. The molecule has 20 heavy (non-hydrogen) atoms. The number of hydrogen-bond donors (Lipinski definition) is 2. The minimum Gasteiger partial charge on any atom is -0.497 e. The van der Waals surface area contributed by atoms with Gasteiger partial charge in [-0.1, -0.05) is 30.4 Å². The van der Waals surface area contributed by atoms with Gasteiger partial charge in [0.05, 0.1) is 7.11 Å². The number of rotatable bonds is 4. The summed E-state index contributed by atoms with van der Waals surface area (Å²) in [5.41, 5.74) is 1.84. The van der Waals surface area contributed by atoms with Crippen LogP contribution in [0.2, 0.25) is 0 Å². The number of hydrogen-bond acceptors (Lipinski definition) is 4. The Labute approximate surface area is 118 Å². The zero-order chi connectivity index (χ0) is 14.6. The number of benzene rings is 1. The second-order valence-electron chi connectivity index (χ2n) is 4.55. The maximum atomic E-state index is 9.66. The fourth-order valence-corrected chi connectivity index (χ4v) is 1.96. The summed E-state index contributed by atoms with van der Waals surface area (Å²) in [7, 11) is 3.06. The van der Waals surface area contributed by atoms with Gasteiger partial charge in [-0.3, -0.25) is 0 Å². The average Bonchev–Trinajstić information content (AvgIpc) is 2.46. The van der Waals surface area contributed by atoms with E-state index in [1.165, 1.54) is 13.2 Å². The minimum absolute atomic E-state index is 0.780. The van der Waals surface area contributed by atoms with Gasteiger partial charge in [-0.15, -0.1) is 0 Å². The van der Waals surface area contributed by atoms with E-state index in [1.54, 1.807) is 19.3 Å². The lowest BCUT2D eigenvalue weighted by molar-refractivity contribution is -0.182. The van der Waals surface area contributed by atoms with Crippen LogP contribution in [-0.4, -0.2) is 36.3 Å².